The van der Waals surface area contributed by atoms with Crippen molar-refractivity contribution in [3.63, 3.8) is 0 Å². The number of carbonyl (C=O) groups excluding carboxylic acids is 3. The minimum Gasteiger partial charge on any atom is -0.456 e. The van der Waals surface area contributed by atoms with Crippen LogP contribution >= 0.6 is 0 Å². The van der Waals surface area contributed by atoms with Crippen LogP contribution < -0.4 is 10.6 Å². The Kier molecular flexibility index (Phi) is 8.33. The Morgan fingerprint density at radius 1 is 1.03 bits per heavy atom. The molecule has 0 radical (unpaired) electrons. The average molecular weight is 421 g/mol. The van der Waals surface area contributed by atoms with Crippen LogP contribution in [-0.2, 0) is 14.3 Å². The molecular weight excluding hydrogens is 394 g/mol. The Labute approximate surface area is 182 Å². The normalized spacial score (nSPS) is 13.4. The average Bonchev–Trinajstić information content (AvgIpc) is 2.78. The summed E-state index contributed by atoms with van der Waals surface area (Å²) < 4.78 is 5.10. The fourth-order valence-electron chi connectivity index (χ4n) is 2.77. The van der Waals surface area contributed by atoms with Gasteiger partial charge in [-0.1, -0.05) is 62.4 Å². The Balaban J connectivity index is 2.01. The van der Waals surface area contributed by atoms with E-state index in [4.69, 9.17) is 4.74 Å². The molecule has 2 atom stereocenters. The molecule has 0 fully saturated rings. The van der Waals surface area contributed by atoms with E-state index >= 15 is 0 Å². The summed E-state index contributed by atoms with van der Waals surface area (Å²) in [5, 5.41) is 14.7. The third-order valence-electron chi connectivity index (χ3n) is 5.06. The Morgan fingerprint density at radius 2 is 1.61 bits per heavy atom. The molecule has 0 bridgehead atoms. The summed E-state index contributed by atoms with van der Waals surface area (Å²) >= 11 is 0. The van der Waals surface area contributed by atoms with Gasteiger partial charge in [-0.2, -0.15) is 5.26 Å². The molecule has 0 heterocycles. The predicted molar refractivity (Wildman–Crippen MR) is 116 cm³/mol. The van der Waals surface area contributed by atoms with Gasteiger partial charge in [-0.05, 0) is 30.5 Å². The van der Waals surface area contributed by atoms with Crippen LogP contribution in [0.1, 0.15) is 49.2 Å². The summed E-state index contributed by atoms with van der Waals surface area (Å²) in [5.74, 6) is -1.63. The third kappa shape index (κ3) is 6.96. The number of rotatable bonds is 9. The van der Waals surface area contributed by atoms with Gasteiger partial charge in [0.05, 0.1) is 18.5 Å². The van der Waals surface area contributed by atoms with Crippen molar-refractivity contribution >= 4 is 17.8 Å². The number of benzene rings is 2. The quantitative estimate of drug-likeness (QED) is 0.605. The van der Waals surface area contributed by atoms with Gasteiger partial charge < -0.3 is 15.4 Å². The molecule has 2 rings (SSSR count). The molecule has 0 saturated carbocycles. The fraction of sp³-hybridized carbons (Fsp3) is 0.333. The SMILES string of the molecule is CC(C)[C@@](C)(C#N)NC(=O)COC(=O)C[C@@H](NC(=O)c1ccccc1)c1ccccc1. The summed E-state index contributed by atoms with van der Waals surface area (Å²) in [6.45, 7) is 4.74. The monoisotopic (exact) mass is 421 g/mol. The second-order valence-electron chi connectivity index (χ2n) is 7.68. The largest absolute Gasteiger partial charge is 0.456 e. The lowest BCUT2D eigenvalue weighted by Crippen LogP contribution is -2.50. The molecule has 0 aromatic heterocycles. The lowest BCUT2D eigenvalue weighted by atomic mass is 9.90. The zero-order valence-electron chi connectivity index (χ0n) is 17.9. The van der Waals surface area contributed by atoms with Gasteiger partial charge in [0.1, 0.15) is 5.54 Å². The van der Waals surface area contributed by atoms with Crippen LogP contribution in [0, 0.1) is 17.2 Å². The molecule has 31 heavy (non-hydrogen) atoms. The number of hydrogen-bond donors (Lipinski definition) is 2. The molecule has 0 saturated heterocycles. The number of ether oxygens (including phenoxy) is 1. The molecule has 7 nitrogen and oxygen atoms in total. The number of nitriles is 1. The second-order valence-corrected chi connectivity index (χ2v) is 7.68. The van der Waals surface area contributed by atoms with Crippen LogP contribution in [0.15, 0.2) is 60.7 Å². The molecule has 0 unspecified atom stereocenters. The highest BCUT2D eigenvalue weighted by molar-refractivity contribution is 5.94. The van der Waals surface area contributed by atoms with Crippen LogP contribution in [-0.4, -0.2) is 29.9 Å². The molecule has 162 valence electrons. The van der Waals surface area contributed by atoms with E-state index in [1.807, 2.05) is 38.1 Å². The molecule has 2 aromatic carbocycles. The maximum atomic E-state index is 12.6. The minimum absolute atomic E-state index is 0.118. The van der Waals surface area contributed by atoms with Gasteiger partial charge >= 0.3 is 5.97 Å². The van der Waals surface area contributed by atoms with Gasteiger partial charge in [-0.25, -0.2) is 0 Å². The molecule has 0 aliphatic carbocycles. The van der Waals surface area contributed by atoms with E-state index in [1.165, 1.54) is 0 Å². The van der Waals surface area contributed by atoms with E-state index in [1.54, 1.807) is 43.3 Å². The maximum Gasteiger partial charge on any atom is 0.308 e. The van der Waals surface area contributed by atoms with E-state index in [9.17, 15) is 19.6 Å². The van der Waals surface area contributed by atoms with Gasteiger partial charge in [0, 0.05) is 5.56 Å². The van der Waals surface area contributed by atoms with Crippen molar-refractivity contribution in [2.75, 3.05) is 6.61 Å². The standard InChI is InChI=1S/C24H27N3O4/c1-17(2)24(3,16-25)27-21(28)15-31-22(29)14-20(18-10-6-4-7-11-18)26-23(30)19-12-8-5-9-13-19/h4-13,17,20H,14-15H2,1-3H3,(H,26,30)(H,27,28)/t20-,24-/m1/s1. The van der Waals surface area contributed by atoms with Crippen molar-refractivity contribution < 1.29 is 19.1 Å². The highest BCUT2D eigenvalue weighted by atomic mass is 16.5. The fourth-order valence-corrected chi connectivity index (χ4v) is 2.77. The minimum atomic E-state index is -1.06. The van der Waals surface area contributed by atoms with Crippen LogP contribution in [0.2, 0.25) is 0 Å². The van der Waals surface area contributed by atoms with E-state index in [0.717, 1.165) is 5.56 Å². The topological polar surface area (TPSA) is 108 Å². The predicted octanol–water partition coefficient (Wildman–Crippen LogP) is 3.15. The highest BCUT2D eigenvalue weighted by Crippen LogP contribution is 2.19. The van der Waals surface area contributed by atoms with E-state index < -0.39 is 30.1 Å². The first-order valence-electron chi connectivity index (χ1n) is 10.0. The molecule has 2 N–H and O–H groups in total. The first kappa shape index (κ1) is 23.6. The third-order valence-corrected chi connectivity index (χ3v) is 5.06. The summed E-state index contributed by atoms with van der Waals surface area (Å²) in [5.41, 5.74) is 0.158. The summed E-state index contributed by atoms with van der Waals surface area (Å²) in [6, 6.07) is 19.2. The van der Waals surface area contributed by atoms with Crippen LogP contribution in [0.5, 0.6) is 0 Å². The van der Waals surface area contributed by atoms with Gasteiger partial charge in [-0.3, -0.25) is 14.4 Å². The number of nitrogens with one attached hydrogen (secondary N) is 2. The lowest BCUT2D eigenvalue weighted by Gasteiger charge is -2.27. The zero-order chi connectivity index (χ0) is 22.9. The van der Waals surface area contributed by atoms with Crippen molar-refractivity contribution in [3.05, 3.63) is 71.8 Å². The van der Waals surface area contributed by atoms with Gasteiger partial charge in [-0.15, -0.1) is 0 Å². The summed E-state index contributed by atoms with van der Waals surface area (Å²) in [4.78, 5) is 37.1. The number of nitrogens with zero attached hydrogens (tertiary/aromatic N) is 1. The Hall–Kier alpha value is -3.66. The van der Waals surface area contributed by atoms with Crippen molar-refractivity contribution in [1.29, 1.82) is 5.26 Å². The second kappa shape index (κ2) is 10.9. The van der Waals surface area contributed by atoms with Crippen LogP contribution in [0.4, 0.5) is 0 Å². The Morgan fingerprint density at radius 3 is 2.16 bits per heavy atom. The highest BCUT2D eigenvalue weighted by Gasteiger charge is 2.30. The number of esters is 1. The van der Waals surface area contributed by atoms with Crippen molar-refractivity contribution in [3.8, 4) is 6.07 Å². The van der Waals surface area contributed by atoms with Gasteiger partial charge in [0.25, 0.3) is 11.8 Å². The molecule has 7 heteroatoms. The molecule has 2 aromatic rings. The van der Waals surface area contributed by atoms with E-state index in [2.05, 4.69) is 16.7 Å². The molecule has 0 aliphatic rings. The van der Waals surface area contributed by atoms with Gasteiger partial charge in [0.2, 0.25) is 0 Å². The van der Waals surface area contributed by atoms with Crippen molar-refractivity contribution in [1.82, 2.24) is 10.6 Å². The molecule has 0 spiro atoms. The number of amides is 2. The van der Waals surface area contributed by atoms with Crippen LogP contribution in [0.25, 0.3) is 0 Å². The maximum absolute atomic E-state index is 12.6. The van der Waals surface area contributed by atoms with Gasteiger partial charge in [0.15, 0.2) is 6.61 Å². The van der Waals surface area contributed by atoms with E-state index in [-0.39, 0.29) is 18.2 Å². The van der Waals surface area contributed by atoms with Crippen molar-refractivity contribution in [2.24, 2.45) is 5.92 Å². The zero-order valence-corrected chi connectivity index (χ0v) is 17.9. The summed E-state index contributed by atoms with van der Waals surface area (Å²) in [6.07, 6.45) is -0.143. The lowest BCUT2D eigenvalue weighted by molar-refractivity contribution is -0.149. The smallest absolute Gasteiger partial charge is 0.308 e. The Bertz CT molecular complexity index is 938. The molecule has 0 aliphatic heterocycles. The van der Waals surface area contributed by atoms with Crippen molar-refractivity contribution in [2.45, 2.75) is 38.8 Å². The van der Waals surface area contributed by atoms with E-state index in [0.29, 0.717) is 5.56 Å². The molecular formula is C24H27N3O4. The number of hydrogen-bond acceptors (Lipinski definition) is 5. The molecule has 2 amide bonds. The summed E-state index contributed by atoms with van der Waals surface area (Å²) in [7, 11) is 0. The first-order chi connectivity index (χ1) is 14.7. The van der Waals surface area contributed by atoms with Crippen LogP contribution in [0.3, 0.4) is 0 Å². The first-order valence-corrected chi connectivity index (χ1v) is 10.0. The number of carbonyl (C=O) groups is 3.